The zero-order valence-electron chi connectivity index (χ0n) is 18.0. The van der Waals surface area contributed by atoms with Gasteiger partial charge >= 0.3 is 0 Å². The third-order valence-electron chi connectivity index (χ3n) is 5.07. The maximum absolute atomic E-state index is 12.8. The smallest absolute Gasteiger partial charge is 0.272 e. The number of hydrogen-bond acceptors (Lipinski definition) is 7. The fourth-order valence-electron chi connectivity index (χ4n) is 3.30. The lowest BCUT2D eigenvalue weighted by Crippen LogP contribution is -2.37. The number of anilines is 1. The Balaban J connectivity index is 1.46. The molecule has 1 amide bonds. The van der Waals surface area contributed by atoms with Crippen LogP contribution in [0.1, 0.15) is 16.1 Å². The van der Waals surface area contributed by atoms with Crippen LogP contribution in [0.2, 0.25) is 0 Å². The van der Waals surface area contributed by atoms with Crippen molar-refractivity contribution in [3.63, 3.8) is 0 Å². The number of carbonyl (C=O) groups excluding carboxylic acids is 1. The zero-order valence-corrected chi connectivity index (χ0v) is 19.6. The van der Waals surface area contributed by atoms with Gasteiger partial charge in [0.2, 0.25) is 10.0 Å². The molecule has 1 aliphatic heterocycles. The highest BCUT2D eigenvalue weighted by Gasteiger charge is 2.27. The van der Waals surface area contributed by atoms with Crippen LogP contribution in [0.4, 0.5) is 5.69 Å². The number of pyridine rings is 1. The van der Waals surface area contributed by atoms with Crippen LogP contribution >= 0.6 is 11.8 Å². The molecule has 2 N–H and O–H groups in total. The summed E-state index contributed by atoms with van der Waals surface area (Å²) in [6.07, 6.45) is 4.71. The molecule has 0 spiro atoms. The summed E-state index contributed by atoms with van der Waals surface area (Å²) in [5, 5.41) is 2.76. The molecule has 0 radical (unpaired) electrons. The van der Waals surface area contributed by atoms with Crippen LogP contribution in [0.3, 0.4) is 0 Å². The summed E-state index contributed by atoms with van der Waals surface area (Å²) >= 11 is 1.73. The van der Waals surface area contributed by atoms with E-state index in [4.69, 9.17) is 9.47 Å². The lowest BCUT2D eigenvalue weighted by Gasteiger charge is -2.24. The van der Waals surface area contributed by atoms with Crippen LogP contribution < -0.4 is 14.8 Å². The summed E-state index contributed by atoms with van der Waals surface area (Å²) in [4.78, 5) is 19.6. The van der Waals surface area contributed by atoms with Gasteiger partial charge in [0.25, 0.3) is 5.91 Å². The number of aromatic nitrogens is 2. The van der Waals surface area contributed by atoms with Gasteiger partial charge < -0.3 is 19.8 Å². The molecule has 4 rings (SSSR count). The monoisotopic (exact) mass is 488 g/mol. The molecule has 33 heavy (non-hydrogen) atoms. The van der Waals surface area contributed by atoms with Crippen molar-refractivity contribution < 1.29 is 22.7 Å². The number of aromatic amines is 1. The molecule has 0 bridgehead atoms. The largest absolute Gasteiger partial charge is 0.493 e. The molecule has 174 valence electrons. The van der Waals surface area contributed by atoms with E-state index < -0.39 is 15.9 Å². The van der Waals surface area contributed by atoms with Crippen LogP contribution in [-0.4, -0.2) is 60.3 Å². The number of rotatable bonds is 8. The fourth-order valence-corrected chi connectivity index (χ4v) is 5.87. The number of benzene rings is 1. The second-order valence-electron chi connectivity index (χ2n) is 7.23. The lowest BCUT2D eigenvalue weighted by molar-refractivity contribution is 0.102. The fraction of sp³-hybridized carbons (Fsp3) is 0.273. The van der Waals surface area contributed by atoms with Crippen molar-refractivity contribution in [3.05, 3.63) is 66.2 Å². The van der Waals surface area contributed by atoms with E-state index in [9.17, 15) is 13.2 Å². The van der Waals surface area contributed by atoms with Gasteiger partial charge in [-0.1, -0.05) is 0 Å². The van der Waals surface area contributed by atoms with E-state index in [-0.39, 0.29) is 10.6 Å². The average molecular weight is 489 g/mol. The first-order valence-corrected chi connectivity index (χ1v) is 12.8. The number of sulfonamides is 1. The number of nitrogens with one attached hydrogen (secondary N) is 2. The Bertz CT molecular complexity index is 1210. The Labute approximate surface area is 196 Å². The van der Waals surface area contributed by atoms with Crippen LogP contribution in [-0.2, 0) is 16.6 Å². The summed E-state index contributed by atoms with van der Waals surface area (Å²) in [6.45, 7) is 1.24. The molecule has 11 heteroatoms. The van der Waals surface area contributed by atoms with Gasteiger partial charge in [0.15, 0.2) is 11.5 Å². The predicted octanol–water partition coefficient (Wildman–Crippen LogP) is 2.99. The molecule has 1 saturated heterocycles. The number of H-pyrrole nitrogens is 1. The summed E-state index contributed by atoms with van der Waals surface area (Å²) < 4.78 is 38.3. The van der Waals surface area contributed by atoms with Gasteiger partial charge in [0, 0.05) is 54.9 Å². The Kier molecular flexibility index (Phi) is 7.21. The molecule has 1 fully saturated rings. The first-order chi connectivity index (χ1) is 16.0. The number of ether oxygens (including phenoxy) is 2. The standard InChI is InChI=1S/C22H24N4O5S2/c1-30-20-3-2-17(12-21(20)31-15-16-4-6-23-7-5-16)25-22(27)19-13-18(14-24-19)33(28,29)26-8-10-32-11-9-26/h2-7,12-14,24H,8-11,15H2,1H3,(H,25,27). The van der Waals surface area contributed by atoms with Crippen molar-refractivity contribution in [2.45, 2.75) is 11.5 Å². The van der Waals surface area contributed by atoms with Crippen LogP contribution in [0.5, 0.6) is 11.5 Å². The van der Waals surface area contributed by atoms with Crippen molar-refractivity contribution in [2.24, 2.45) is 0 Å². The number of amides is 1. The molecule has 1 aliphatic rings. The third kappa shape index (κ3) is 5.49. The van der Waals surface area contributed by atoms with Crippen LogP contribution in [0.15, 0.2) is 59.9 Å². The Hall–Kier alpha value is -3.02. The molecule has 0 atom stereocenters. The van der Waals surface area contributed by atoms with E-state index in [0.29, 0.717) is 36.9 Å². The highest BCUT2D eigenvalue weighted by molar-refractivity contribution is 7.99. The second kappa shape index (κ2) is 10.3. The van der Waals surface area contributed by atoms with Gasteiger partial charge in [-0.15, -0.1) is 0 Å². The number of thioether (sulfide) groups is 1. The van der Waals surface area contributed by atoms with E-state index in [0.717, 1.165) is 17.1 Å². The van der Waals surface area contributed by atoms with Crippen molar-refractivity contribution in [2.75, 3.05) is 37.0 Å². The highest BCUT2D eigenvalue weighted by Crippen LogP contribution is 2.31. The molecule has 0 unspecified atom stereocenters. The zero-order chi connectivity index (χ0) is 23.3. The van der Waals surface area contributed by atoms with E-state index in [1.165, 1.54) is 23.7 Å². The summed E-state index contributed by atoms with van der Waals surface area (Å²) in [6, 6.07) is 10.1. The Morgan fingerprint density at radius 2 is 1.91 bits per heavy atom. The van der Waals surface area contributed by atoms with E-state index in [1.54, 1.807) is 42.4 Å². The first kappa shape index (κ1) is 23.1. The number of methoxy groups -OCH3 is 1. The summed E-state index contributed by atoms with van der Waals surface area (Å²) in [5.74, 6) is 2.05. The maximum Gasteiger partial charge on any atom is 0.272 e. The molecule has 1 aromatic carbocycles. The quantitative estimate of drug-likeness (QED) is 0.501. The van der Waals surface area contributed by atoms with Crippen molar-refractivity contribution in [3.8, 4) is 11.5 Å². The van der Waals surface area contributed by atoms with Crippen LogP contribution in [0, 0.1) is 0 Å². The third-order valence-corrected chi connectivity index (χ3v) is 7.89. The van der Waals surface area contributed by atoms with Crippen molar-refractivity contribution >= 4 is 33.4 Å². The minimum Gasteiger partial charge on any atom is -0.493 e. The topological polar surface area (TPSA) is 114 Å². The molecule has 2 aromatic heterocycles. The lowest BCUT2D eigenvalue weighted by atomic mass is 10.2. The van der Waals surface area contributed by atoms with Gasteiger partial charge in [-0.3, -0.25) is 9.78 Å². The van der Waals surface area contributed by atoms with E-state index in [2.05, 4.69) is 15.3 Å². The normalized spacial score (nSPS) is 14.6. The first-order valence-electron chi connectivity index (χ1n) is 10.2. The highest BCUT2D eigenvalue weighted by atomic mass is 32.2. The predicted molar refractivity (Wildman–Crippen MR) is 126 cm³/mol. The van der Waals surface area contributed by atoms with Gasteiger partial charge in [-0.05, 0) is 35.9 Å². The molecule has 0 aliphatic carbocycles. The average Bonchev–Trinajstić information content (AvgIpc) is 3.36. The summed E-state index contributed by atoms with van der Waals surface area (Å²) in [7, 11) is -2.09. The van der Waals surface area contributed by atoms with Crippen molar-refractivity contribution in [1.29, 1.82) is 0 Å². The molecule has 3 heterocycles. The molecule has 9 nitrogen and oxygen atoms in total. The number of nitrogens with zero attached hydrogens (tertiary/aromatic N) is 2. The van der Waals surface area contributed by atoms with Crippen LogP contribution in [0.25, 0.3) is 0 Å². The van der Waals surface area contributed by atoms with Gasteiger partial charge in [-0.2, -0.15) is 16.1 Å². The van der Waals surface area contributed by atoms with Gasteiger partial charge in [-0.25, -0.2) is 8.42 Å². The Morgan fingerprint density at radius 3 is 2.64 bits per heavy atom. The number of carbonyl (C=O) groups is 1. The van der Waals surface area contributed by atoms with Gasteiger partial charge in [0.05, 0.1) is 7.11 Å². The Morgan fingerprint density at radius 1 is 1.15 bits per heavy atom. The SMILES string of the molecule is COc1ccc(NC(=O)c2cc(S(=O)(=O)N3CCSCC3)c[nH]2)cc1OCc1ccncc1. The minimum absolute atomic E-state index is 0.0793. The number of hydrogen-bond donors (Lipinski definition) is 2. The molecular formula is C22H24N4O5S2. The maximum atomic E-state index is 12.8. The summed E-state index contributed by atoms with van der Waals surface area (Å²) in [5.41, 5.74) is 1.57. The van der Waals surface area contributed by atoms with E-state index >= 15 is 0 Å². The molecule has 3 aromatic rings. The van der Waals surface area contributed by atoms with Gasteiger partial charge in [0.1, 0.15) is 17.2 Å². The van der Waals surface area contributed by atoms with E-state index in [1.807, 2.05) is 12.1 Å². The van der Waals surface area contributed by atoms with Crippen molar-refractivity contribution in [1.82, 2.24) is 14.3 Å². The molecule has 0 saturated carbocycles. The second-order valence-corrected chi connectivity index (χ2v) is 10.4. The minimum atomic E-state index is -3.63. The molecular weight excluding hydrogens is 464 g/mol.